The van der Waals surface area contributed by atoms with E-state index in [2.05, 4.69) is 21.7 Å². The molecular formula is C17H21N3O2S. The number of thioether (sulfide) groups is 1. The summed E-state index contributed by atoms with van der Waals surface area (Å²) in [5, 5.41) is 15.0. The van der Waals surface area contributed by atoms with E-state index in [-0.39, 0.29) is 5.37 Å². The van der Waals surface area contributed by atoms with Crippen LogP contribution in [0, 0.1) is 0 Å². The molecule has 1 fully saturated rings. The molecule has 122 valence electrons. The fourth-order valence-corrected chi connectivity index (χ4v) is 4.14. The maximum Gasteiger partial charge on any atom is 0.336 e. The van der Waals surface area contributed by atoms with Crippen molar-refractivity contribution in [1.29, 1.82) is 0 Å². The van der Waals surface area contributed by atoms with Crippen LogP contribution < -0.4 is 10.2 Å². The molecule has 2 aliphatic heterocycles. The number of carboxylic acids is 1. The molecule has 5 nitrogen and oxygen atoms in total. The van der Waals surface area contributed by atoms with Gasteiger partial charge in [0.2, 0.25) is 0 Å². The van der Waals surface area contributed by atoms with E-state index in [0.717, 1.165) is 37.4 Å². The first-order valence-corrected chi connectivity index (χ1v) is 8.67. The Bertz CT molecular complexity index is 626. The van der Waals surface area contributed by atoms with Crippen molar-refractivity contribution < 1.29 is 9.90 Å². The summed E-state index contributed by atoms with van der Waals surface area (Å²) in [6.07, 6.45) is 3.86. The van der Waals surface area contributed by atoms with Gasteiger partial charge >= 0.3 is 5.97 Å². The number of nitrogens with one attached hydrogen (secondary N) is 1. The van der Waals surface area contributed by atoms with E-state index in [4.69, 9.17) is 0 Å². The summed E-state index contributed by atoms with van der Waals surface area (Å²) in [6.45, 7) is 8.12. The molecule has 1 aromatic carbocycles. The van der Waals surface area contributed by atoms with E-state index in [1.165, 1.54) is 0 Å². The van der Waals surface area contributed by atoms with Gasteiger partial charge in [-0.3, -0.25) is 0 Å². The van der Waals surface area contributed by atoms with Gasteiger partial charge in [0.15, 0.2) is 0 Å². The molecule has 0 saturated carbocycles. The van der Waals surface area contributed by atoms with Crippen LogP contribution in [0.3, 0.4) is 0 Å². The molecule has 3 rings (SSSR count). The van der Waals surface area contributed by atoms with E-state index in [0.29, 0.717) is 12.1 Å². The van der Waals surface area contributed by atoms with Crippen molar-refractivity contribution >= 4 is 23.4 Å². The van der Waals surface area contributed by atoms with Crippen molar-refractivity contribution in [3.8, 4) is 0 Å². The Labute approximate surface area is 140 Å². The highest BCUT2D eigenvalue weighted by atomic mass is 32.2. The quantitative estimate of drug-likeness (QED) is 0.809. The number of carbonyl (C=O) groups is 1. The van der Waals surface area contributed by atoms with Gasteiger partial charge in [-0.1, -0.05) is 12.1 Å². The van der Waals surface area contributed by atoms with Crippen LogP contribution in [0.5, 0.6) is 0 Å². The van der Waals surface area contributed by atoms with Gasteiger partial charge in [-0.2, -0.15) is 0 Å². The third-order valence-electron chi connectivity index (χ3n) is 4.12. The Hall–Kier alpha value is -1.92. The van der Waals surface area contributed by atoms with Crippen molar-refractivity contribution in [2.75, 3.05) is 37.6 Å². The van der Waals surface area contributed by atoms with Crippen LogP contribution in [0.25, 0.3) is 0 Å². The van der Waals surface area contributed by atoms with Crippen molar-refractivity contribution in [3.63, 3.8) is 0 Å². The molecule has 2 N–H and O–H groups in total. The molecule has 6 heteroatoms. The molecule has 1 aromatic rings. The highest BCUT2D eigenvalue weighted by Crippen LogP contribution is 2.44. The van der Waals surface area contributed by atoms with Gasteiger partial charge < -0.3 is 20.2 Å². The van der Waals surface area contributed by atoms with Crippen molar-refractivity contribution in [2.45, 2.75) is 5.37 Å². The van der Waals surface area contributed by atoms with E-state index in [1.54, 1.807) is 17.8 Å². The Morgan fingerprint density at radius 3 is 2.91 bits per heavy atom. The SMILES string of the molecule is C=CCN1C=CSC1c1c(C(=O)O)cccc1N1CCNCC1. The minimum atomic E-state index is -0.872. The van der Waals surface area contributed by atoms with E-state index < -0.39 is 5.97 Å². The number of nitrogens with zero attached hydrogens (tertiary/aromatic N) is 2. The lowest BCUT2D eigenvalue weighted by Gasteiger charge is -2.34. The fraction of sp³-hybridized carbons (Fsp3) is 0.353. The van der Waals surface area contributed by atoms with Crippen LogP contribution in [0.1, 0.15) is 21.3 Å². The van der Waals surface area contributed by atoms with Crippen LogP contribution in [0.2, 0.25) is 0 Å². The predicted molar refractivity (Wildman–Crippen MR) is 94.9 cm³/mol. The molecular weight excluding hydrogens is 310 g/mol. The van der Waals surface area contributed by atoms with Crippen LogP contribution in [-0.2, 0) is 0 Å². The van der Waals surface area contributed by atoms with E-state index >= 15 is 0 Å². The van der Waals surface area contributed by atoms with Gasteiger partial charge in [0.05, 0.1) is 5.56 Å². The number of carboxylic acid groups (broad SMARTS) is 1. The number of aromatic carboxylic acids is 1. The summed E-state index contributed by atoms with van der Waals surface area (Å²) in [7, 11) is 0. The minimum absolute atomic E-state index is 0.0230. The van der Waals surface area contributed by atoms with Crippen molar-refractivity contribution in [3.05, 3.63) is 53.6 Å². The molecule has 23 heavy (non-hydrogen) atoms. The van der Waals surface area contributed by atoms with Gasteiger partial charge in [-0.15, -0.1) is 18.3 Å². The smallest absolute Gasteiger partial charge is 0.336 e. The third-order valence-corrected chi connectivity index (χ3v) is 5.16. The third kappa shape index (κ3) is 3.23. The largest absolute Gasteiger partial charge is 0.478 e. The highest BCUT2D eigenvalue weighted by molar-refractivity contribution is 8.02. The first kappa shape index (κ1) is 16.0. The van der Waals surface area contributed by atoms with Gasteiger partial charge in [-0.25, -0.2) is 4.79 Å². The van der Waals surface area contributed by atoms with Gasteiger partial charge in [0, 0.05) is 50.2 Å². The zero-order chi connectivity index (χ0) is 16.2. The van der Waals surface area contributed by atoms with Crippen LogP contribution in [0.15, 0.2) is 42.5 Å². The Kier molecular flexibility index (Phi) is 4.93. The number of hydrogen-bond acceptors (Lipinski definition) is 5. The molecule has 0 aromatic heterocycles. The molecule has 2 aliphatic rings. The number of rotatable bonds is 5. The second kappa shape index (κ2) is 7.10. The fourth-order valence-electron chi connectivity index (χ4n) is 3.06. The summed E-state index contributed by atoms with van der Waals surface area (Å²) < 4.78 is 0. The molecule has 2 heterocycles. The summed E-state index contributed by atoms with van der Waals surface area (Å²) >= 11 is 1.65. The van der Waals surface area contributed by atoms with Crippen LogP contribution in [0.4, 0.5) is 5.69 Å². The summed E-state index contributed by atoms with van der Waals surface area (Å²) in [6, 6.07) is 5.58. The van der Waals surface area contributed by atoms with Crippen LogP contribution in [-0.4, -0.2) is 48.7 Å². The first-order valence-electron chi connectivity index (χ1n) is 7.73. The standard InChI is InChI=1S/C17H21N3O2S/c1-2-8-20-11-12-23-16(20)15-13(17(21)22)4-3-5-14(15)19-9-6-18-7-10-19/h2-5,11-12,16,18H,1,6-10H2,(H,21,22). The molecule has 0 spiro atoms. The van der Waals surface area contributed by atoms with Gasteiger partial charge in [-0.05, 0) is 17.5 Å². The first-order chi connectivity index (χ1) is 11.2. The molecule has 1 saturated heterocycles. The lowest BCUT2D eigenvalue weighted by Crippen LogP contribution is -2.44. The zero-order valence-electron chi connectivity index (χ0n) is 12.9. The Morgan fingerprint density at radius 2 is 2.22 bits per heavy atom. The van der Waals surface area contributed by atoms with Gasteiger partial charge in [0.1, 0.15) is 5.37 Å². The lowest BCUT2D eigenvalue weighted by atomic mass is 10.0. The molecule has 1 atom stereocenters. The summed E-state index contributed by atoms with van der Waals surface area (Å²) in [5.74, 6) is -0.872. The average Bonchev–Trinajstić information content (AvgIpc) is 3.03. The maximum absolute atomic E-state index is 11.8. The molecule has 1 unspecified atom stereocenters. The minimum Gasteiger partial charge on any atom is -0.478 e. The second-order valence-electron chi connectivity index (χ2n) is 5.54. The van der Waals surface area contributed by atoms with Crippen molar-refractivity contribution in [1.82, 2.24) is 10.2 Å². The maximum atomic E-state index is 11.8. The van der Waals surface area contributed by atoms with Crippen LogP contribution >= 0.6 is 11.8 Å². The van der Waals surface area contributed by atoms with Gasteiger partial charge in [0.25, 0.3) is 0 Å². The molecule has 0 amide bonds. The summed E-state index contributed by atoms with van der Waals surface area (Å²) in [5.41, 5.74) is 2.30. The monoisotopic (exact) mass is 331 g/mol. The lowest BCUT2D eigenvalue weighted by molar-refractivity contribution is 0.0695. The Balaban J connectivity index is 2.04. The number of hydrogen-bond donors (Lipinski definition) is 2. The van der Waals surface area contributed by atoms with E-state index in [9.17, 15) is 9.90 Å². The summed E-state index contributed by atoms with van der Waals surface area (Å²) in [4.78, 5) is 16.2. The topological polar surface area (TPSA) is 55.8 Å². The molecule has 0 radical (unpaired) electrons. The van der Waals surface area contributed by atoms with Crippen molar-refractivity contribution in [2.24, 2.45) is 0 Å². The predicted octanol–water partition coefficient (Wildman–Crippen LogP) is 2.50. The zero-order valence-corrected chi connectivity index (χ0v) is 13.8. The Morgan fingerprint density at radius 1 is 1.43 bits per heavy atom. The number of benzene rings is 1. The second-order valence-corrected chi connectivity index (χ2v) is 6.53. The van der Waals surface area contributed by atoms with E-state index in [1.807, 2.05) is 29.8 Å². The average molecular weight is 331 g/mol. The number of anilines is 1. The molecule has 0 aliphatic carbocycles. The highest BCUT2D eigenvalue weighted by Gasteiger charge is 2.30. The molecule has 0 bridgehead atoms. The normalized spacial score (nSPS) is 20.8. The number of piperazine rings is 1.